The Labute approximate surface area is 135 Å². The number of nitrogens with zero attached hydrogens (tertiary/aromatic N) is 1. The van der Waals surface area contributed by atoms with Crippen LogP contribution in [0.5, 0.6) is 11.5 Å². The predicted octanol–water partition coefficient (Wildman–Crippen LogP) is 2.92. The van der Waals surface area contributed by atoms with Crippen LogP contribution in [0, 0.1) is 6.92 Å². The zero-order chi connectivity index (χ0) is 16.5. The molecule has 2 aromatic rings. The second kappa shape index (κ2) is 8.58. The van der Waals surface area contributed by atoms with Crippen LogP contribution in [0.4, 0.5) is 0 Å². The Hall–Kier alpha value is -2.82. The van der Waals surface area contributed by atoms with E-state index >= 15 is 0 Å². The standard InChI is InChI=1S/C18H20N2O3/c1-3-22-17-10-5-4-8-15(17)12-19-20-18(21)13-23-16-9-6-7-14(2)11-16/h4-12H,3,13H2,1-2H3,(H,20,21)/b19-12-. The van der Waals surface area contributed by atoms with Gasteiger partial charge in [0, 0.05) is 5.56 Å². The number of ether oxygens (including phenoxy) is 2. The summed E-state index contributed by atoms with van der Waals surface area (Å²) in [6.07, 6.45) is 1.55. The molecule has 0 aliphatic carbocycles. The van der Waals surface area contributed by atoms with Crippen LogP contribution in [0.15, 0.2) is 53.6 Å². The van der Waals surface area contributed by atoms with Gasteiger partial charge in [0.15, 0.2) is 6.61 Å². The fourth-order valence-electron chi connectivity index (χ4n) is 1.93. The Morgan fingerprint density at radius 1 is 1.17 bits per heavy atom. The van der Waals surface area contributed by atoms with Gasteiger partial charge in [-0.25, -0.2) is 5.43 Å². The minimum absolute atomic E-state index is 0.0894. The van der Waals surface area contributed by atoms with Gasteiger partial charge in [0.1, 0.15) is 11.5 Å². The smallest absolute Gasteiger partial charge is 0.277 e. The molecule has 0 atom stereocenters. The van der Waals surface area contributed by atoms with Crippen molar-refractivity contribution in [1.29, 1.82) is 0 Å². The van der Waals surface area contributed by atoms with Crippen LogP contribution < -0.4 is 14.9 Å². The average molecular weight is 312 g/mol. The minimum Gasteiger partial charge on any atom is -0.493 e. The summed E-state index contributed by atoms with van der Waals surface area (Å²) in [4.78, 5) is 11.7. The van der Waals surface area contributed by atoms with Crippen LogP contribution >= 0.6 is 0 Å². The van der Waals surface area contributed by atoms with E-state index in [4.69, 9.17) is 9.47 Å². The van der Waals surface area contributed by atoms with Crippen molar-refractivity contribution in [3.63, 3.8) is 0 Å². The lowest BCUT2D eigenvalue weighted by atomic mass is 10.2. The summed E-state index contributed by atoms with van der Waals surface area (Å²) in [6.45, 7) is 4.36. The number of nitrogens with one attached hydrogen (secondary N) is 1. The Balaban J connectivity index is 1.84. The fourth-order valence-corrected chi connectivity index (χ4v) is 1.93. The number of aryl methyl sites for hydroxylation is 1. The van der Waals surface area contributed by atoms with Gasteiger partial charge in [-0.2, -0.15) is 5.10 Å². The summed E-state index contributed by atoms with van der Waals surface area (Å²) in [7, 11) is 0. The summed E-state index contributed by atoms with van der Waals surface area (Å²) in [5, 5.41) is 3.93. The summed E-state index contributed by atoms with van der Waals surface area (Å²) in [5.74, 6) is 1.06. The van der Waals surface area contributed by atoms with Crippen LogP contribution in [-0.4, -0.2) is 25.3 Å². The van der Waals surface area contributed by atoms with Crippen molar-refractivity contribution < 1.29 is 14.3 Å². The number of carbonyl (C=O) groups excluding carboxylic acids is 1. The van der Waals surface area contributed by atoms with Gasteiger partial charge in [-0.15, -0.1) is 0 Å². The van der Waals surface area contributed by atoms with E-state index in [1.807, 2.05) is 62.4 Å². The number of hydrazone groups is 1. The highest BCUT2D eigenvalue weighted by Gasteiger charge is 2.02. The second-order valence-electron chi connectivity index (χ2n) is 4.87. The van der Waals surface area contributed by atoms with Gasteiger partial charge in [-0.05, 0) is 43.7 Å². The molecule has 0 radical (unpaired) electrons. The molecule has 1 amide bonds. The maximum Gasteiger partial charge on any atom is 0.277 e. The third-order valence-electron chi connectivity index (χ3n) is 2.97. The lowest BCUT2D eigenvalue weighted by Crippen LogP contribution is -2.24. The molecule has 0 bridgehead atoms. The number of benzene rings is 2. The molecule has 1 N–H and O–H groups in total. The van der Waals surface area contributed by atoms with Gasteiger partial charge in [-0.1, -0.05) is 24.3 Å². The Bertz CT molecular complexity index is 683. The van der Waals surface area contributed by atoms with Crippen LogP contribution in [0.2, 0.25) is 0 Å². The lowest BCUT2D eigenvalue weighted by molar-refractivity contribution is -0.123. The zero-order valence-corrected chi connectivity index (χ0v) is 13.3. The minimum atomic E-state index is -0.323. The highest BCUT2D eigenvalue weighted by molar-refractivity contribution is 5.85. The van der Waals surface area contributed by atoms with Crippen LogP contribution in [0.1, 0.15) is 18.1 Å². The number of hydrogen-bond donors (Lipinski definition) is 1. The van der Waals surface area contributed by atoms with Crippen molar-refractivity contribution in [3.8, 4) is 11.5 Å². The summed E-state index contributed by atoms with van der Waals surface area (Å²) >= 11 is 0. The van der Waals surface area contributed by atoms with E-state index in [0.717, 1.165) is 16.9 Å². The summed E-state index contributed by atoms with van der Waals surface area (Å²) < 4.78 is 10.9. The van der Waals surface area contributed by atoms with Gasteiger partial charge in [0.2, 0.25) is 0 Å². The largest absolute Gasteiger partial charge is 0.493 e. The van der Waals surface area contributed by atoms with Crippen molar-refractivity contribution in [2.75, 3.05) is 13.2 Å². The quantitative estimate of drug-likeness (QED) is 0.631. The van der Waals surface area contributed by atoms with Crippen LogP contribution in [0.25, 0.3) is 0 Å². The molecule has 0 saturated heterocycles. The predicted molar refractivity (Wildman–Crippen MR) is 90.0 cm³/mol. The number of rotatable bonds is 7. The fraction of sp³-hybridized carbons (Fsp3) is 0.222. The Kier molecular flexibility index (Phi) is 6.17. The summed E-state index contributed by atoms with van der Waals surface area (Å²) in [5.41, 5.74) is 4.31. The van der Waals surface area contributed by atoms with E-state index in [0.29, 0.717) is 12.4 Å². The Morgan fingerprint density at radius 3 is 2.78 bits per heavy atom. The molecule has 5 heteroatoms. The van der Waals surface area contributed by atoms with Crippen molar-refractivity contribution in [1.82, 2.24) is 5.43 Å². The molecule has 0 aliphatic rings. The molecule has 0 unspecified atom stereocenters. The molecular formula is C18H20N2O3. The van der Waals surface area contributed by atoms with E-state index in [1.165, 1.54) is 0 Å². The molecule has 0 saturated carbocycles. The van der Waals surface area contributed by atoms with Crippen molar-refractivity contribution in [3.05, 3.63) is 59.7 Å². The molecule has 0 aromatic heterocycles. The SMILES string of the molecule is CCOc1ccccc1/C=N\NC(=O)COc1cccc(C)c1. The number of para-hydroxylation sites is 1. The molecule has 0 fully saturated rings. The molecule has 120 valence electrons. The van der Waals surface area contributed by atoms with Crippen molar-refractivity contribution in [2.45, 2.75) is 13.8 Å². The van der Waals surface area contributed by atoms with E-state index in [2.05, 4.69) is 10.5 Å². The third kappa shape index (κ3) is 5.47. The van der Waals surface area contributed by atoms with E-state index < -0.39 is 0 Å². The second-order valence-corrected chi connectivity index (χ2v) is 4.87. The van der Waals surface area contributed by atoms with E-state index in [9.17, 15) is 4.79 Å². The molecule has 2 rings (SSSR count). The first-order valence-corrected chi connectivity index (χ1v) is 7.42. The average Bonchev–Trinajstić information content (AvgIpc) is 2.55. The first-order chi connectivity index (χ1) is 11.2. The zero-order valence-electron chi connectivity index (χ0n) is 13.3. The van der Waals surface area contributed by atoms with Gasteiger partial charge >= 0.3 is 0 Å². The normalized spacial score (nSPS) is 10.5. The van der Waals surface area contributed by atoms with Crippen LogP contribution in [-0.2, 0) is 4.79 Å². The molecule has 0 heterocycles. The topological polar surface area (TPSA) is 59.9 Å². The summed E-state index contributed by atoms with van der Waals surface area (Å²) in [6, 6.07) is 15.0. The lowest BCUT2D eigenvalue weighted by Gasteiger charge is -2.06. The highest BCUT2D eigenvalue weighted by atomic mass is 16.5. The number of amides is 1. The van der Waals surface area contributed by atoms with Gasteiger partial charge in [-0.3, -0.25) is 4.79 Å². The number of carbonyl (C=O) groups is 1. The monoisotopic (exact) mass is 312 g/mol. The van der Waals surface area contributed by atoms with E-state index in [1.54, 1.807) is 6.21 Å². The molecule has 23 heavy (non-hydrogen) atoms. The molecular weight excluding hydrogens is 292 g/mol. The van der Waals surface area contributed by atoms with Gasteiger partial charge in [0.25, 0.3) is 5.91 Å². The van der Waals surface area contributed by atoms with Crippen LogP contribution in [0.3, 0.4) is 0 Å². The van der Waals surface area contributed by atoms with Crippen molar-refractivity contribution >= 4 is 12.1 Å². The first kappa shape index (κ1) is 16.5. The third-order valence-corrected chi connectivity index (χ3v) is 2.97. The highest BCUT2D eigenvalue weighted by Crippen LogP contribution is 2.15. The number of hydrogen-bond acceptors (Lipinski definition) is 4. The first-order valence-electron chi connectivity index (χ1n) is 7.42. The maximum absolute atomic E-state index is 11.7. The molecule has 0 aliphatic heterocycles. The van der Waals surface area contributed by atoms with Gasteiger partial charge in [0.05, 0.1) is 12.8 Å². The molecule has 2 aromatic carbocycles. The van der Waals surface area contributed by atoms with E-state index in [-0.39, 0.29) is 12.5 Å². The molecule has 5 nitrogen and oxygen atoms in total. The van der Waals surface area contributed by atoms with Crippen molar-refractivity contribution in [2.24, 2.45) is 5.10 Å². The molecule has 0 spiro atoms. The Morgan fingerprint density at radius 2 is 2.00 bits per heavy atom. The maximum atomic E-state index is 11.7. The van der Waals surface area contributed by atoms with Gasteiger partial charge < -0.3 is 9.47 Å².